The van der Waals surface area contributed by atoms with Gasteiger partial charge in [0.1, 0.15) is 5.75 Å². The van der Waals surface area contributed by atoms with Crippen LogP contribution in [-0.4, -0.2) is 11.0 Å². The van der Waals surface area contributed by atoms with Crippen LogP contribution in [0, 0.1) is 0 Å². The van der Waals surface area contributed by atoms with E-state index in [1.54, 1.807) is 29.5 Å². The minimum Gasteiger partial charge on any atom is -0.508 e. The number of amides is 1. The van der Waals surface area contributed by atoms with Crippen LogP contribution >= 0.6 is 22.7 Å². The highest BCUT2D eigenvalue weighted by Gasteiger charge is 2.10. The Morgan fingerprint density at radius 2 is 2.11 bits per heavy atom. The Bertz CT molecular complexity index is 701. The van der Waals surface area contributed by atoms with E-state index in [9.17, 15) is 9.90 Å². The fourth-order valence-electron chi connectivity index (χ4n) is 1.81. The van der Waals surface area contributed by atoms with Gasteiger partial charge in [0, 0.05) is 15.9 Å². The molecule has 0 saturated carbocycles. The number of hydrogen-bond donors (Lipinski definition) is 2. The molecule has 0 aliphatic carbocycles. The number of carbonyl (C=O) groups is 1. The molecule has 0 fully saturated rings. The van der Waals surface area contributed by atoms with Crippen molar-refractivity contribution in [2.24, 2.45) is 0 Å². The average molecular weight is 289 g/mol. The fraction of sp³-hybridized carbons (Fsp3) is 0.0714. The van der Waals surface area contributed by atoms with E-state index in [1.165, 1.54) is 11.3 Å². The van der Waals surface area contributed by atoms with E-state index in [0.29, 0.717) is 6.54 Å². The standard InChI is InChI=1S/C14H11NO2S2/c16-10-3-1-2-9(6-10)8-15-14(17)13-7-12-11(19-13)4-5-18-12/h1-7,16H,8H2,(H,15,17). The van der Waals surface area contributed by atoms with Crippen molar-refractivity contribution in [2.75, 3.05) is 0 Å². The molecule has 1 amide bonds. The van der Waals surface area contributed by atoms with Crippen molar-refractivity contribution < 1.29 is 9.90 Å². The predicted molar refractivity (Wildman–Crippen MR) is 79.0 cm³/mol. The molecule has 3 rings (SSSR count). The highest BCUT2D eigenvalue weighted by atomic mass is 32.1. The fourth-order valence-corrected chi connectivity index (χ4v) is 3.84. The minimum atomic E-state index is -0.0725. The van der Waals surface area contributed by atoms with Gasteiger partial charge in [-0.15, -0.1) is 22.7 Å². The van der Waals surface area contributed by atoms with Gasteiger partial charge in [-0.05, 0) is 35.2 Å². The number of hydrogen-bond acceptors (Lipinski definition) is 4. The van der Waals surface area contributed by atoms with Gasteiger partial charge >= 0.3 is 0 Å². The lowest BCUT2D eigenvalue weighted by atomic mass is 10.2. The highest BCUT2D eigenvalue weighted by Crippen LogP contribution is 2.29. The molecule has 96 valence electrons. The largest absolute Gasteiger partial charge is 0.508 e. The van der Waals surface area contributed by atoms with E-state index in [4.69, 9.17) is 0 Å². The maximum Gasteiger partial charge on any atom is 0.261 e. The molecule has 3 aromatic rings. The summed E-state index contributed by atoms with van der Waals surface area (Å²) < 4.78 is 2.29. The van der Waals surface area contributed by atoms with E-state index in [2.05, 4.69) is 5.32 Å². The molecular weight excluding hydrogens is 278 g/mol. The van der Waals surface area contributed by atoms with Crippen LogP contribution in [0.1, 0.15) is 15.2 Å². The number of thiophene rings is 2. The zero-order chi connectivity index (χ0) is 13.2. The molecule has 2 N–H and O–H groups in total. The van der Waals surface area contributed by atoms with Gasteiger partial charge in [-0.2, -0.15) is 0 Å². The number of nitrogens with one attached hydrogen (secondary N) is 1. The number of aromatic hydroxyl groups is 1. The second-order valence-corrected chi connectivity index (χ2v) is 6.14. The second-order valence-electron chi connectivity index (χ2n) is 4.11. The molecule has 19 heavy (non-hydrogen) atoms. The monoisotopic (exact) mass is 289 g/mol. The van der Waals surface area contributed by atoms with Crippen LogP contribution in [0.25, 0.3) is 9.40 Å². The second kappa shape index (κ2) is 5.03. The number of phenolic OH excluding ortho intramolecular Hbond substituents is 1. The molecule has 0 unspecified atom stereocenters. The van der Waals surface area contributed by atoms with Gasteiger partial charge in [-0.1, -0.05) is 12.1 Å². The highest BCUT2D eigenvalue weighted by molar-refractivity contribution is 7.27. The van der Waals surface area contributed by atoms with Crippen molar-refractivity contribution >= 4 is 38.0 Å². The summed E-state index contributed by atoms with van der Waals surface area (Å²) in [5.74, 6) is 0.139. The molecule has 0 saturated heterocycles. The van der Waals surface area contributed by atoms with Gasteiger partial charge in [0.15, 0.2) is 0 Å². The quantitative estimate of drug-likeness (QED) is 0.774. The van der Waals surface area contributed by atoms with Gasteiger partial charge in [-0.3, -0.25) is 4.79 Å². The summed E-state index contributed by atoms with van der Waals surface area (Å²) in [6.45, 7) is 0.415. The molecule has 0 spiro atoms. The molecule has 2 heterocycles. The summed E-state index contributed by atoms with van der Waals surface area (Å²) in [6, 6.07) is 10.8. The summed E-state index contributed by atoms with van der Waals surface area (Å²) >= 11 is 3.14. The molecule has 0 bridgehead atoms. The van der Waals surface area contributed by atoms with Crippen molar-refractivity contribution in [3.63, 3.8) is 0 Å². The molecule has 0 atom stereocenters. The summed E-state index contributed by atoms with van der Waals surface area (Å²) in [4.78, 5) is 12.7. The first-order valence-electron chi connectivity index (χ1n) is 5.75. The predicted octanol–water partition coefficient (Wildman–Crippen LogP) is 3.60. The van der Waals surface area contributed by atoms with Crippen LogP contribution in [0.2, 0.25) is 0 Å². The van der Waals surface area contributed by atoms with Crippen molar-refractivity contribution in [1.29, 1.82) is 0 Å². The van der Waals surface area contributed by atoms with Crippen LogP contribution < -0.4 is 5.32 Å². The first-order valence-corrected chi connectivity index (χ1v) is 7.45. The third kappa shape index (κ3) is 2.62. The van der Waals surface area contributed by atoms with Crippen LogP contribution in [-0.2, 0) is 6.54 Å². The van der Waals surface area contributed by atoms with E-state index in [1.807, 2.05) is 23.6 Å². The molecular formula is C14H11NO2S2. The molecule has 5 heteroatoms. The molecule has 3 nitrogen and oxygen atoms in total. The SMILES string of the molecule is O=C(NCc1cccc(O)c1)c1cc2sccc2s1. The lowest BCUT2D eigenvalue weighted by molar-refractivity contribution is 0.0955. The lowest BCUT2D eigenvalue weighted by Crippen LogP contribution is -2.21. The topological polar surface area (TPSA) is 49.3 Å². The van der Waals surface area contributed by atoms with Gasteiger partial charge in [-0.25, -0.2) is 0 Å². The molecule has 2 aromatic heterocycles. The van der Waals surface area contributed by atoms with Gasteiger partial charge < -0.3 is 10.4 Å². The van der Waals surface area contributed by atoms with Crippen LogP contribution in [0.15, 0.2) is 41.8 Å². The molecule has 1 aromatic carbocycles. The Morgan fingerprint density at radius 1 is 1.21 bits per heavy atom. The van der Waals surface area contributed by atoms with Crippen LogP contribution in [0.4, 0.5) is 0 Å². The van der Waals surface area contributed by atoms with Crippen LogP contribution in [0.5, 0.6) is 5.75 Å². The lowest BCUT2D eigenvalue weighted by Gasteiger charge is -2.04. The Kier molecular flexibility index (Phi) is 3.23. The number of benzene rings is 1. The summed E-state index contributed by atoms with van der Waals surface area (Å²) in [5, 5.41) is 14.2. The van der Waals surface area contributed by atoms with Crippen molar-refractivity contribution in [1.82, 2.24) is 5.32 Å². The Labute approximate surface area is 118 Å². The number of rotatable bonds is 3. The summed E-state index contributed by atoms with van der Waals surface area (Å²) in [6.07, 6.45) is 0. The summed E-state index contributed by atoms with van der Waals surface area (Å²) in [7, 11) is 0. The number of fused-ring (bicyclic) bond motifs is 1. The number of carbonyl (C=O) groups excluding carboxylic acids is 1. The van der Waals surface area contributed by atoms with Gasteiger partial charge in [0.05, 0.1) is 4.88 Å². The van der Waals surface area contributed by atoms with E-state index >= 15 is 0 Å². The van der Waals surface area contributed by atoms with Crippen molar-refractivity contribution in [3.8, 4) is 5.75 Å². The number of phenols is 1. The smallest absolute Gasteiger partial charge is 0.261 e. The van der Waals surface area contributed by atoms with Gasteiger partial charge in [0.2, 0.25) is 0 Å². The van der Waals surface area contributed by atoms with Gasteiger partial charge in [0.25, 0.3) is 5.91 Å². The Morgan fingerprint density at radius 3 is 2.89 bits per heavy atom. The Balaban J connectivity index is 1.70. The maximum absolute atomic E-state index is 12.0. The maximum atomic E-state index is 12.0. The first kappa shape index (κ1) is 12.2. The normalized spacial score (nSPS) is 10.7. The molecule has 0 radical (unpaired) electrons. The van der Waals surface area contributed by atoms with E-state index in [0.717, 1.165) is 19.8 Å². The minimum absolute atomic E-state index is 0.0725. The van der Waals surface area contributed by atoms with Crippen LogP contribution in [0.3, 0.4) is 0 Å². The molecule has 0 aliphatic rings. The third-order valence-corrected chi connectivity index (χ3v) is 4.82. The first-order chi connectivity index (χ1) is 9.22. The van der Waals surface area contributed by atoms with Crippen molar-refractivity contribution in [3.05, 3.63) is 52.2 Å². The van der Waals surface area contributed by atoms with Crippen molar-refractivity contribution in [2.45, 2.75) is 6.54 Å². The third-order valence-electron chi connectivity index (χ3n) is 2.73. The average Bonchev–Trinajstić information content (AvgIpc) is 2.96. The zero-order valence-electron chi connectivity index (χ0n) is 9.92. The van der Waals surface area contributed by atoms with E-state index < -0.39 is 0 Å². The summed E-state index contributed by atoms with van der Waals surface area (Å²) in [5.41, 5.74) is 0.881. The Hall–Kier alpha value is -1.85. The molecule has 0 aliphatic heterocycles. The zero-order valence-corrected chi connectivity index (χ0v) is 11.6. The van der Waals surface area contributed by atoms with E-state index in [-0.39, 0.29) is 11.7 Å².